The molecule has 0 unspecified atom stereocenters. The molecule has 1 spiro atoms. The van der Waals surface area contributed by atoms with Crippen LogP contribution in [0.5, 0.6) is 0 Å². The average molecular weight is 437 g/mol. The summed E-state index contributed by atoms with van der Waals surface area (Å²) in [6, 6.07) is 0. The number of unbranched alkanes of at least 4 members (excludes halogenated alkanes) is 1. The minimum absolute atomic E-state index is 0.116. The summed E-state index contributed by atoms with van der Waals surface area (Å²) < 4.78 is 18.3. The smallest absolute Gasteiger partial charge is 0.333 e. The monoisotopic (exact) mass is 436 g/mol. The van der Waals surface area contributed by atoms with Crippen molar-refractivity contribution in [2.75, 3.05) is 6.61 Å². The minimum Gasteiger partial charge on any atom is -0.459 e. The summed E-state index contributed by atoms with van der Waals surface area (Å²) in [5.41, 5.74) is -0.894. The first-order chi connectivity index (χ1) is 14.6. The normalized spacial score (nSPS) is 52.3. The highest BCUT2D eigenvalue weighted by molar-refractivity contribution is 5.89. The predicted octanol–water partition coefficient (Wildman–Crippen LogP) is 2.13. The molecule has 174 valence electrons. The number of hydrogen-bond donors (Lipinski definition) is 3. The summed E-state index contributed by atoms with van der Waals surface area (Å²) >= 11 is 0. The molecule has 3 aliphatic heterocycles. The molecule has 0 aromatic rings. The van der Waals surface area contributed by atoms with Crippen molar-refractivity contribution in [3.8, 4) is 0 Å². The van der Waals surface area contributed by atoms with Crippen LogP contribution >= 0.6 is 0 Å². The molecule has 3 N–H and O–H groups in total. The molecular formula is C24H36O7. The zero-order valence-electron chi connectivity index (χ0n) is 18.8. The molecule has 0 aromatic heterocycles. The number of fused-ring (bicyclic) bond motifs is 3. The van der Waals surface area contributed by atoms with Crippen molar-refractivity contribution in [1.82, 2.24) is 0 Å². The van der Waals surface area contributed by atoms with Crippen molar-refractivity contribution in [3.05, 3.63) is 12.2 Å². The summed E-state index contributed by atoms with van der Waals surface area (Å²) in [7, 11) is 0. The maximum absolute atomic E-state index is 12.5. The summed E-state index contributed by atoms with van der Waals surface area (Å²) in [5.74, 6) is -3.60. The van der Waals surface area contributed by atoms with E-state index >= 15 is 0 Å². The maximum atomic E-state index is 12.5. The molecule has 3 saturated carbocycles. The molecular weight excluding hydrogens is 400 g/mol. The van der Waals surface area contributed by atoms with Crippen LogP contribution in [0.3, 0.4) is 0 Å². The van der Waals surface area contributed by atoms with Gasteiger partial charge in [0.1, 0.15) is 12.2 Å². The summed E-state index contributed by atoms with van der Waals surface area (Å²) in [4.78, 5) is 12.5. The molecule has 3 saturated heterocycles. The summed E-state index contributed by atoms with van der Waals surface area (Å²) in [6.45, 7) is 10.6. The number of carbonyl (C=O) groups excluding carboxylic acids is 1. The zero-order valence-corrected chi connectivity index (χ0v) is 18.8. The van der Waals surface area contributed by atoms with E-state index < -0.39 is 53.6 Å². The number of rotatable bonds is 4. The Hall–Kier alpha value is -0.990. The molecule has 0 radical (unpaired) electrons. The van der Waals surface area contributed by atoms with E-state index in [2.05, 4.69) is 27.4 Å². The fourth-order valence-corrected chi connectivity index (χ4v) is 7.91. The standard InChI is InChI=1S/C24H36O7/c1-5-6-9-29-21-23-16(25)7-8-22(3,4)18(23)19(26)24(28,31-21)14-10-13-11-15(17(14)23)30-20(27)12(13)2/h13-19,21,25-26,28H,2,5-11H2,1,3-4H3/t13-,14+,15-,16+,17+,18-,19+,21+,23-,24+/m1/s1. The predicted molar refractivity (Wildman–Crippen MR) is 110 cm³/mol. The first kappa shape index (κ1) is 21.8. The van der Waals surface area contributed by atoms with E-state index in [1.807, 2.05) is 0 Å². The number of carbonyl (C=O) groups is 1. The van der Waals surface area contributed by atoms with Crippen LogP contribution in [0.2, 0.25) is 0 Å². The maximum Gasteiger partial charge on any atom is 0.333 e. The molecule has 6 rings (SSSR count). The Bertz CT molecular complexity index is 780. The topological polar surface area (TPSA) is 105 Å². The van der Waals surface area contributed by atoms with Crippen molar-refractivity contribution in [2.24, 2.45) is 34.5 Å². The van der Waals surface area contributed by atoms with E-state index in [0.717, 1.165) is 19.3 Å². The molecule has 3 heterocycles. The van der Waals surface area contributed by atoms with Gasteiger partial charge in [0.05, 0.1) is 11.5 Å². The molecule has 6 fully saturated rings. The summed E-state index contributed by atoms with van der Waals surface area (Å²) in [6.07, 6.45) is 0.865. The fraction of sp³-hybridized carbons (Fsp3) is 0.875. The van der Waals surface area contributed by atoms with Gasteiger partial charge in [-0.15, -0.1) is 0 Å². The lowest BCUT2D eigenvalue weighted by atomic mass is 9.38. The Kier molecular flexibility index (Phi) is 4.93. The van der Waals surface area contributed by atoms with E-state index in [-0.39, 0.29) is 17.3 Å². The fourth-order valence-electron chi connectivity index (χ4n) is 7.91. The third-order valence-corrected chi connectivity index (χ3v) is 9.24. The second kappa shape index (κ2) is 7.00. The van der Waals surface area contributed by atoms with Gasteiger partial charge < -0.3 is 29.5 Å². The zero-order chi connectivity index (χ0) is 22.3. The number of aliphatic hydroxyl groups is 3. The third kappa shape index (κ3) is 2.67. The van der Waals surface area contributed by atoms with E-state index in [1.54, 1.807) is 0 Å². The Morgan fingerprint density at radius 3 is 2.71 bits per heavy atom. The van der Waals surface area contributed by atoms with Crippen LogP contribution < -0.4 is 0 Å². The average Bonchev–Trinajstić information content (AvgIpc) is 2.71. The SMILES string of the molecule is C=C1C(=O)O[C@@H]2C[C@H]1C[C@H]1[C@@H]2[C@@]23[C@@H](OCCCC)O[C@]1(O)[C@@H](O)[C@@H]2C(C)(C)CC[C@@H]3O. The van der Waals surface area contributed by atoms with E-state index in [1.165, 1.54) is 0 Å². The van der Waals surface area contributed by atoms with Crippen LogP contribution in [-0.2, 0) is 19.0 Å². The molecule has 0 amide bonds. The number of ether oxygens (including phenoxy) is 3. The van der Waals surface area contributed by atoms with Gasteiger partial charge in [-0.1, -0.05) is 33.8 Å². The van der Waals surface area contributed by atoms with Crippen molar-refractivity contribution in [2.45, 2.75) is 89.7 Å². The van der Waals surface area contributed by atoms with Gasteiger partial charge in [0, 0.05) is 29.9 Å². The number of esters is 1. The number of aliphatic hydroxyl groups excluding tert-OH is 2. The van der Waals surface area contributed by atoms with Crippen LogP contribution in [-0.4, -0.2) is 58.3 Å². The molecule has 10 atom stereocenters. The van der Waals surface area contributed by atoms with Crippen LogP contribution in [0, 0.1) is 34.5 Å². The highest BCUT2D eigenvalue weighted by Gasteiger charge is 2.81. The van der Waals surface area contributed by atoms with Crippen LogP contribution in [0.1, 0.15) is 59.3 Å². The van der Waals surface area contributed by atoms with Crippen molar-refractivity contribution in [1.29, 1.82) is 0 Å². The first-order valence-electron chi connectivity index (χ1n) is 11.9. The Morgan fingerprint density at radius 2 is 2.00 bits per heavy atom. The second-order valence-corrected chi connectivity index (χ2v) is 11.2. The van der Waals surface area contributed by atoms with Gasteiger partial charge in [-0.3, -0.25) is 0 Å². The molecule has 0 aromatic carbocycles. The van der Waals surface area contributed by atoms with Gasteiger partial charge in [0.15, 0.2) is 12.1 Å². The Morgan fingerprint density at radius 1 is 1.26 bits per heavy atom. The van der Waals surface area contributed by atoms with E-state index in [9.17, 15) is 20.1 Å². The van der Waals surface area contributed by atoms with Gasteiger partial charge in [0.25, 0.3) is 0 Å². The van der Waals surface area contributed by atoms with Gasteiger partial charge in [0.2, 0.25) is 0 Å². The molecule has 4 bridgehead atoms. The third-order valence-electron chi connectivity index (χ3n) is 9.24. The second-order valence-electron chi connectivity index (χ2n) is 11.2. The van der Waals surface area contributed by atoms with E-state index in [4.69, 9.17) is 14.2 Å². The van der Waals surface area contributed by atoms with Gasteiger partial charge in [-0.25, -0.2) is 4.79 Å². The lowest BCUT2D eigenvalue weighted by molar-refractivity contribution is -0.498. The molecule has 6 aliphatic rings. The van der Waals surface area contributed by atoms with Gasteiger partial charge >= 0.3 is 5.97 Å². The van der Waals surface area contributed by atoms with E-state index in [0.29, 0.717) is 31.4 Å². The first-order valence-corrected chi connectivity index (χ1v) is 11.9. The Balaban J connectivity index is 1.67. The van der Waals surface area contributed by atoms with Crippen molar-refractivity contribution < 1.29 is 34.3 Å². The van der Waals surface area contributed by atoms with Crippen molar-refractivity contribution in [3.63, 3.8) is 0 Å². The summed E-state index contributed by atoms with van der Waals surface area (Å²) in [5, 5.41) is 35.0. The van der Waals surface area contributed by atoms with Crippen molar-refractivity contribution >= 4 is 5.97 Å². The lowest BCUT2D eigenvalue weighted by Crippen LogP contribution is -2.84. The van der Waals surface area contributed by atoms with Crippen LogP contribution in [0.4, 0.5) is 0 Å². The minimum atomic E-state index is -1.82. The molecule has 7 heteroatoms. The highest BCUT2D eigenvalue weighted by Crippen LogP contribution is 2.72. The highest BCUT2D eigenvalue weighted by atomic mass is 16.8. The lowest BCUT2D eigenvalue weighted by Gasteiger charge is -2.74. The molecule has 7 nitrogen and oxygen atoms in total. The molecule has 3 aliphatic carbocycles. The number of hydrogen-bond acceptors (Lipinski definition) is 7. The van der Waals surface area contributed by atoms with Crippen LogP contribution in [0.25, 0.3) is 0 Å². The molecule has 31 heavy (non-hydrogen) atoms. The quantitative estimate of drug-likeness (QED) is 0.352. The Labute approximate surface area is 183 Å². The van der Waals surface area contributed by atoms with Gasteiger partial charge in [-0.2, -0.15) is 0 Å². The largest absolute Gasteiger partial charge is 0.459 e. The van der Waals surface area contributed by atoms with Crippen LogP contribution in [0.15, 0.2) is 12.2 Å². The van der Waals surface area contributed by atoms with Gasteiger partial charge in [-0.05, 0) is 43.4 Å².